The van der Waals surface area contributed by atoms with Gasteiger partial charge in [0.15, 0.2) is 0 Å². The van der Waals surface area contributed by atoms with Gasteiger partial charge >= 0.3 is 0 Å². The van der Waals surface area contributed by atoms with Crippen molar-refractivity contribution in [3.63, 3.8) is 0 Å². The molecule has 0 aliphatic carbocycles. The summed E-state index contributed by atoms with van der Waals surface area (Å²) < 4.78 is 27.2. The number of nitrogens with zero attached hydrogens (tertiary/aromatic N) is 2. The average Bonchev–Trinajstić information content (AvgIpc) is 2.89. The van der Waals surface area contributed by atoms with E-state index in [0.717, 1.165) is 19.2 Å². The van der Waals surface area contributed by atoms with E-state index >= 15 is 0 Å². The quantitative estimate of drug-likeness (QED) is 0.823. The minimum Gasteiger partial charge on any atom is -0.334 e. The molecule has 2 heterocycles. The van der Waals surface area contributed by atoms with E-state index in [0.29, 0.717) is 13.1 Å². The van der Waals surface area contributed by atoms with E-state index in [9.17, 15) is 18.4 Å². The highest BCUT2D eigenvalue weighted by molar-refractivity contribution is 8.00. The van der Waals surface area contributed by atoms with Gasteiger partial charge < -0.3 is 14.7 Å². The predicted octanol–water partition coefficient (Wildman–Crippen LogP) is -0.104. The van der Waals surface area contributed by atoms with Crippen molar-refractivity contribution in [3.05, 3.63) is 35.4 Å². The number of thioether (sulfide) groups is 1. The van der Waals surface area contributed by atoms with Crippen LogP contribution in [0.2, 0.25) is 0 Å². The topological polar surface area (TPSA) is 45.1 Å². The molecule has 0 bridgehead atoms. The lowest BCUT2D eigenvalue weighted by atomic mass is 10.2. The molecule has 3 rings (SSSR count). The molecule has 0 saturated carbocycles. The molecule has 0 aromatic heterocycles. The molecule has 1 aromatic carbocycles. The minimum absolute atomic E-state index is 0.0631. The highest BCUT2D eigenvalue weighted by Gasteiger charge is 2.37. The number of halogens is 2. The van der Waals surface area contributed by atoms with Crippen LogP contribution < -0.4 is 4.90 Å². The maximum Gasteiger partial charge on any atom is 0.242 e. The first-order valence-electron chi connectivity index (χ1n) is 7.91. The van der Waals surface area contributed by atoms with E-state index in [1.165, 1.54) is 33.7 Å². The van der Waals surface area contributed by atoms with Gasteiger partial charge in [-0.15, -0.1) is 11.8 Å². The zero-order valence-corrected chi connectivity index (χ0v) is 14.2. The second-order valence-corrected chi connectivity index (χ2v) is 7.26. The summed E-state index contributed by atoms with van der Waals surface area (Å²) in [5.74, 6) is -1.47. The van der Waals surface area contributed by atoms with Crippen LogP contribution in [0.5, 0.6) is 0 Å². The Morgan fingerprint density at radius 2 is 2.04 bits per heavy atom. The van der Waals surface area contributed by atoms with Gasteiger partial charge in [0.1, 0.15) is 23.6 Å². The molecule has 0 unspecified atom stereocenters. The van der Waals surface area contributed by atoms with Crippen molar-refractivity contribution in [1.82, 2.24) is 9.80 Å². The first kappa shape index (κ1) is 17.2. The Balaban J connectivity index is 1.72. The van der Waals surface area contributed by atoms with Gasteiger partial charge in [-0.2, -0.15) is 0 Å². The van der Waals surface area contributed by atoms with Crippen molar-refractivity contribution < 1.29 is 23.3 Å². The van der Waals surface area contributed by atoms with Gasteiger partial charge in [-0.1, -0.05) is 6.07 Å². The molecular weight excluding hydrogens is 336 g/mol. The van der Waals surface area contributed by atoms with Gasteiger partial charge in [-0.05, 0) is 6.07 Å². The Hall–Kier alpha value is -1.67. The van der Waals surface area contributed by atoms with Crippen LogP contribution in [0, 0.1) is 11.6 Å². The largest absolute Gasteiger partial charge is 0.334 e. The molecule has 130 valence electrons. The number of carbonyl (C=O) groups is 2. The summed E-state index contributed by atoms with van der Waals surface area (Å²) in [6.45, 7) is 3.02. The van der Waals surface area contributed by atoms with Crippen LogP contribution in [-0.2, 0) is 9.59 Å². The number of likely N-dealkylation sites (N-methyl/N-ethyl adjacent to an activating group) is 1. The second kappa shape index (κ2) is 7.06. The zero-order chi connectivity index (χ0) is 17.3. The second-order valence-electron chi connectivity index (χ2n) is 6.19. The average molecular weight is 356 g/mol. The standard InChI is InChI=1S/C16H19F2N3O2S/c1-19-4-6-20(7-5-19)14(22)9-21-15(23)10-24-16(21)12-3-2-11(17)8-13(12)18/h2-3,8,16H,4-7,9-10H2,1H3/p+1/t16-/m0/s1. The van der Waals surface area contributed by atoms with E-state index in [4.69, 9.17) is 0 Å². The van der Waals surface area contributed by atoms with Crippen molar-refractivity contribution in [2.24, 2.45) is 0 Å². The summed E-state index contributed by atoms with van der Waals surface area (Å²) in [6, 6.07) is 3.32. The van der Waals surface area contributed by atoms with Crippen molar-refractivity contribution >= 4 is 23.6 Å². The Morgan fingerprint density at radius 3 is 2.71 bits per heavy atom. The molecular formula is C16H20F2N3O2S+. The summed E-state index contributed by atoms with van der Waals surface area (Å²) in [6.07, 6.45) is 0. The van der Waals surface area contributed by atoms with Gasteiger partial charge in [0.05, 0.1) is 39.0 Å². The molecule has 24 heavy (non-hydrogen) atoms. The van der Waals surface area contributed by atoms with Crippen LogP contribution in [0.4, 0.5) is 8.78 Å². The molecule has 2 fully saturated rings. The van der Waals surface area contributed by atoms with Crippen molar-refractivity contribution in [2.75, 3.05) is 45.5 Å². The molecule has 2 aliphatic rings. The number of hydrogen-bond acceptors (Lipinski definition) is 3. The molecule has 2 amide bonds. The van der Waals surface area contributed by atoms with Crippen molar-refractivity contribution in [2.45, 2.75) is 5.37 Å². The third-order valence-electron chi connectivity index (χ3n) is 4.47. The Labute approximate surface area is 143 Å². The molecule has 2 saturated heterocycles. The molecule has 0 spiro atoms. The number of hydrogen-bond donors (Lipinski definition) is 1. The van der Waals surface area contributed by atoms with Crippen LogP contribution in [0.15, 0.2) is 18.2 Å². The van der Waals surface area contributed by atoms with E-state index < -0.39 is 17.0 Å². The van der Waals surface area contributed by atoms with Gasteiger partial charge in [0.25, 0.3) is 0 Å². The SMILES string of the molecule is C[NH+]1CCN(C(=O)CN2C(=O)CS[C@H]2c2ccc(F)cc2F)CC1. The van der Waals surface area contributed by atoms with Crippen LogP contribution in [0.3, 0.4) is 0 Å². The van der Waals surface area contributed by atoms with Gasteiger partial charge in [-0.25, -0.2) is 8.78 Å². The van der Waals surface area contributed by atoms with Gasteiger partial charge in [0, 0.05) is 11.6 Å². The summed E-state index contributed by atoms with van der Waals surface area (Å²) in [5, 5.41) is -0.583. The number of piperazine rings is 1. The third-order valence-corrected chi connectivity index (χ3v) is 5.71. The number of rotatable bonds is 3. The summed E-state index contributed by atoms with van der Waals surface area (Å²) in [5.41, 5.74) is 0.239. The zero-order valence-electron chi connectivity index (χ0n) is 13.4. The van der Waals surface area contributed by atoms with Crippen LogP contribution in [0.25, 0.3) is 0 Å². The fraction of sp³-hybridized carbons (Fsp3) is 0.500. The lowest BCUT2D eigenvalue weighted by molar-refractivity contribution is -0.883. The molecule has 2 aliphatic heterocycles. The van der Waals surface area contributed by atoms with Gasteiger partial charge in [-0.3, -0.25) is 9.59 Å². The van der Waals surface area contributed by atoms with Gasteiger partial charge in [0.2, 0.25) is 11.8 Å². The number of nitrogens with one attached hydrogen (secondary N) is 1. The van der Waals surface area contributed by atoms with E-state index in [1.807, 2.05) is 0 Å². The fourth-order valence-corrected chi connectivity index (χ4v) is 4.18. The lowest BCUT2D eigenvalue weighted by Crippen LogP contribution is -3.12. The maximum absolute atomic E-state index is 14.0. The molecule has 1 N–H and O–H groups in total. The number of quaternary nitrogens is 1. The number of carbonyl (C=O) groups excluding carboxylic acids is 2. The lowest BCUT2D eigenvalue weighted by Gasteiger charge is -2.32. The van der Waals surface area contributed by atoms with E-state index in [1.54, 1.807) is 4.90 Å². The predicted molar refractivity (Wildman–Crippen MR) is 86.5 cm³/mol. The summed E-state index contributed by atoms with van der Waals surface area (Å²) in [7, 11) is 2.08. The van der Waals surface area contributed by atoms with Crippen LogP contribution in [-0.4, -0.2) is 67.1 Å². The summed E-state index contributed by atoms with van der Waals surface area (Å²) >= 11 is 1.26. The third kappa shape index (κ3) is 3.54. The van der Waals surface area contributed by atoms with Crippen molar-refractivity contribution in [3.8, 4) is 0 Å². The number of benzene rings is 1. The highest BCUT2D eigenvalue weighted by atomic mass is 32.2. The van der Waals surface area contributed by atoms with Crippen LogP contribution >= 0.6 is 11.8 Å². The first-order valence-corrected chi connectivity index (χ1v) is 8.95. The monoisotopic (exact) mass is 356 g/mol. The van der Waals surface area contributed by atoms with E-state index in [-0.39, 0.29) is 29.7 Å². The Morgan fingerprint density at radius 1 is 1.33 bits per heavy atom. The Kier molecular flexibility index (Phi) is 5.05. The number of amides is 2. The molecule has 1 aromatic rings. The van der Waals surface area contributed by atoms with Crippen molar-refractivity contribution in [1.29, 1.82) is 0 Å². The molecule has 0 radical (unpaired) electrons. The molecule has 1 atom stereocenters. The maximum atomic E-state index is 14.0. The van der Waals surface area contributed by atoms with E-state index in [2.05, 4.69) is 7.05 Å². The smallest absolute Gasteiger partial charge is 0.242 e. The Bertz CT molecular complexity index is 650. The normalized spacial score (nSPS) is 22.3. The fourth-order valence-electron chi connectivity index (χ4n) is 2.97. The van der Waals surface area contributed by atoms with Crippen LogP contribution in [0.1, 0.15) is 10.9 Å². The summed E-state index contributed by atoms with van der Waals surface area (Å²) in [4.78, 5) is 29.1. The molecule has 8 heteroatoms. The minimum atomic E-state index is -0.692. The molecule has 5 nitrogen and oxygen atoms in total. The first-order chi connectivity index (χ1) is 11.5. The highest BCUT2D eigenvalue weighted by Crippen LogP contribution is 2.39.